The van der Waals surface area contributed by atoms with E-state index in [1.807, 2.05) is 22.9 Å². The molecule has 0 spiro atoms. The van der Waals surface area contributed by atoms with Crippen LogP contribution in [0.15, 0.2) is 18.5 Å². The van der Waals surface area contributed by atoms with Crippen LogP contribution in [0.1, 0.15) is 0 Å². The molecule has 16 heavy (non-hydrogen) atoms. The van der Waals surface area contributed by atoms with E-state index in [4.69, 9.17) is 11.6 Å². The van der Waals surface area contributed by atoms with E-state index in [0.29, 0.717) is 16.7 Å². The minimum absolute atomic E-state index is 0.0654. The summed E-state index contributed by atoms with van der Waals surface area (Å²) in [6.07, 6.45) is 1.37. The number of fused-ring (bicyclic) bond motifs is 1. The molecule has 0 atom stereocenters. The number of halogens is 2. The standard InChI is InChI=1S/C8H4ClIN4O2/c9-5-2-6-4(1-7(5)14(15)16)8(13-10)12-3-11-6/h1-3H,(H,11,12,13). The van der Waals surface area contributed by atoms with Crippen molar-refractivity contribution in [3.05, 3.63) is 33.6 Å². The summed E-state index contributed by atoms with van der Waals surface area (Å²) in [6.45, 7) is 0. The summed E-state index contributed by atoms with van der Waals surface area (Å²) in [6, 6.07) is 2.81. The third-order valence-electron chi connectivity index (χ3n) is 1.99. The Morgan fingerprint density at radius 3 is 2.81 bits per heavy atom. The number of nitrogens with zero attached hydrogens (tertiary/aromatic N) is 3. The highest BCUT2D eigenvalue weighted by Crippen LogP contribution is 2.31. The predicted octanol–water partition coefficient (Wildman–Crippen LogP) is 2.95. The van der Waals surface area contributed by atoms with Crippen LogP contribution in [0.5, 0.6) is 0 Å². The molecule has 0 saturated heterocycles. The van der Waals surface area contributed by atoms with Gasteiger partial charge in [-0.15, -0.1) is 0 Å². The Balaban J connectivity index is 2.80. The molecule has 1 aromatic carbocycles. The zero-order valence-electron chi connectivity index (χ0n) is 7.65. The average molecular weight is 351 g/mol. The first-order chi connectivity index (χ1) is 7.63. The minimum Gasteiger partial charge on any atom is -0.312 e. The molecule has 0 aliphatic rings. The van der Waals surface area contributed by atoms with Gasteiger partial charge in [0, 0.05) is 6.07 Å². The van der Waals surface area contributed by atoms with Crippen molar-refractivity contribution in [1.82, 2.24) is 9.97 Å². The third-order valence-corrected chi connectivity index (χ3v) is 2.80. The van der Waals surface area contributed by atoms with Crippen molar-refractivity contribution in [1.29, 1.82) is 0 Å². The maximum absolute atomic E-state index is 10.7. The van der Waals surface area contributed by atoms with Crippen molar-refractivity contribution in [3.8, 4) is 0 Å². The Labute approximate surface area is 109 Å². The number of anilines is 1. The Hall–Kier alpha value is -1.22. The van der Waals surface area contributed by atoms with E-state index in [1.165, 1.54) is 18.5 Å². The van der Waals surface area contributed by atoms with Gasteiger partial charge in [-0.2, -0.15) is 0 Å². The van der Waals surface area contributed by atoms with Crippen molar-refractivity contribution in [2.45, 2.75) is 0 Å². The van der Waals surface area contributed by atoms with E-state index >= 15 is 0 Å². The largest absolute Gasteiger partial charge is 0.312 e. The predicted molar refractivity (Wildman–Crippen MR) is 68.8 cm³/mol. The molecule has 1 aromatic heterocycles. The molecule has 0 aliphatic carbocycles. The van der Waals surface area contributed by atoms with Gasteiger partial charge in [0.25, 0.3) is 5.69 Å². The van der Waals surface area contributed by atoms with Crippen LogP contribution >= 0.6 is 34.5 Å². The van der Waals surface area contributed by atoms with Crippen molar-refractivity contribution >= 4 is 56.9 Å². The van der Waals surface area contributed by atoms with Gasteiger partial charge in [-0.3, -0.25) is 10.1 Å². The summed E-state index contributed by atoms with van der Waals surface area (Å²) >= 11 is 7.67. The maximum Gasteiger partial charge on any atom is 0.288 e. The lowest BCUT2D eigenvalue weighted by Crippen LogP contribution is -1.93. The molecule has 2 aromatic rings. The van der Waals surface area contributed by atoms with E-state index in [2.05, 4.69) is 13.5 Å². The second kappa shape index (κ2) is 4.34. The molecule has 0 fully saturated rings. The summed E-state index contributed by atoms with van der Waals surface area (Å²) in [5.74, 6) is 0.519. The van der Waals surface area contributed by atoms with E-state index in [0.717, 1.165) is 0 Å². The zero-order chi connectivity index (χ0) is 11.7. The average Bonchev–Trinajstić information content (AvgIpc) is 2.26. The molecular formula is C8H4ClIN4O2. The van der Waals surface area contributed by atoms with Gasteiger partial charge in [0.15, 0.2) is 0 Å². The molecule has 82 valence electrons. The van der Waals surface area contributed by atoms with Crippen molar-refractivity contribution in [2.75, 3.05) is 3.53 Å². The fraction of sp³-hybridized carbons (Fsp3) is 0. The summed E-state index contributed by atoms with van der Waals surface area (Å²) in [5.41, 5.74) is 0.404. The number of nitrogens with one attached hydrogen (secondary N) is 1. The Morgan fingerprint density at radius 2 is 2.19 bits per heavy atom. The maximum atomic E-state index is 10.7. The van der Waals surface area contributed by atoms with Crippen LogP contribution in [0.25, 0.3) is 10.9 Å². The first-order valence-electron chi connectivity index (χ1n) is 4.09. The van der Waals surface area contributed by atoms with Crippen molar-refractivity contribution < 1.29 is 4.92 Å². The molecule has 0 saturated carbocycles. The van der Waals surface area contributed by atoms with E-state index in [-0.39, 0.29) is 10.7 Å². The third kappa shape index (κ3) is 1.87. The second-order valence-corrected chi connectivity index (χ2v) is 3.84. The van der Waals surface area contributed by atoms with Gasteiger partial charge >= 0.3 is 0 Å². The Bertz CT molecular complexity index is 577. The van der Waals surface area contributed by atoms with Crippen LogP contribution in [0, 0.1) is 10.1 Å². The number of nitro groups is 1. The molecule has 0 aliphatic heterocycles. The SMILES string of the molecule is O=[N+]([O-])c1cc2c(NI)ncnc2cc1Cl. The van der Waals surface area contributed by atoms with Gasteiger partial charge < -0.3 is 3.53 Å². The van der Waals surface area contributed by atoms with Crippen LogP contribution in [-0.4, -0.2) is 14.9 Å². The van der Waals surface area contributed by atoms with Gasteiger partial charge in [0.1, 0.15) is 17.2 Å². The number of rotatable bonds is 2. The smallest absolute Gasteiger partial charge is 0.288 e. The fourth-order valence-corrected chi connectivity index (χ4v) is 1.94. The van der Waals surface area contributed by atoms with Crippen LogP contribution < -0.4 is 3.53 Å². The van der Waals surface area contributed by atoms with Gasteiger partial charge in [-0.05, 0) is 6.07 Å². The quantitative estimate of drug-likeness (QED) is 0.390. The number of hydrogen-bond acceptors (Lipinski definition) is 5. The van der Waals surface area contributed by atoms with E-state index in [9.17, 15) is 10.1 Å². The lowest BCUT2D eigenvalue weighted by atomic mass is 10.2. The Kier molecular flexibility index (Phi) is 3.06. The summed E-state index contributed by atoms with van der Waals surface area (Å²) < 4.78 is 2.81. The van der Waals surface area contributed by atoms with Gasteiger partial charge in [-0.25, -0.2) is 9.97 Å². The molecule has 6 nitrogen and oxygen atoms in total. The summed E-state index contributed by atoms with van der Waals surface area (Å²) in [7, 11) is 0. The van der Waals surface area contributed by atoms with Crippen molar-refractivity contribution in [3.63, 3.8) is 0 Å². The molecule has 8 heteroatoms. The van der Waals surface area contributed by atoms with E-state index in [1.54, 1.807) is 0 Å². The van der Waals surface area contributed by atoms with Crippen molar-refractivity contribution in [2.24, 2.45) is 0 Å². The molecular weight excluding hydrogens is 346 g/mol. The van der Waals surface area contributed by atoms with Gasteiger partial charge in [0.2, 0.25) is 0 Å². The zero-order valence-corrected chi connectivity index (χ0v) is 10.6. The normalized spacial score (nSPS) is 10.4. The summed E-state index contributed by atoms with van der Waals surface area (Å²) in [4.78, 5) is 18.1. The lowest BCUT2D eigenvalue weighted by Gasteiger charge is -2.03. The summed E-state index contributed by atoms with van der Waals surface area (Å²) in [5, 5.41) is 11.4. The van der Waals surface area contributed by atoms with Crippen LogP contribution in [0.2, 0.25) is 5.02 Å². The second-order valence-electron chi connectivity index (χ2n) is 2.89. The van der Waals surface area contributed by atoms with E-state index < -0.39 is 4.92 Å². The topological polar surface area (TPSA) is 81.0 Å². The first-order valence-corrected chi connectivity index (χ1v) is 5.54. The molecule has 0 radical (unpaired) electrons. The molecule has 0 bridgehead atoms. The van der Waals surface area contributed by atoms with Crippen LogP contribution in [-0.2, 0) is 0 Å². The number of hydrogen-bond donors (Lipinski definition) is 1. The highest BCUT2D eigenvalue weighted by atomic mass is 127. The number of aromatic nitrogens is 2. The molecule has 0 amide bonds. The number of nitro benzene ring substituents is 1. The fourth-order valence-electron chi connectivity index (χ4n) is 1.28. The molecule has 1 heterocycles. The highest BCUT2D eigenvalue weighted by molar-refractivity contribution is 14.1. The number of benzene rings is 1. The van der Waals surface area contributed by atoms with Gasteiger partial charge in [-0.1, -0.05) is 11.6 Å². The van der Waals surface area contributed by atoms with Crippen LogP contribution in [0.3, 0.4) is 0 Å². The molecule has 0 unspecified atom stereocenters. The lowest BCUT2D eigenvalue weighted by molar-refractivity contribution is -0.384. The monoisotopic (exact) mass is 350 g/mol. The molecule has 2 rings (SSSR count). The minimum atomic E-state index is -0.536. The van der Waals surface area contributed by atoms with Gasteiger partial charge in [0.05, 0.1) is 38.7 Å². The van der Waals surface area contributed by atoms with Crippen LogP contribution in [0.4, 0.5) is 11.5 Å². The highest BCUT2D eigenvalue weighted by Gasteiger charge is 2.15. The molecule has 1 N–H and O–H groups in total. The Morgan fingerprint density at radius 1 is 1.44 bits per heavy atom. The first kappa shape index (κ1) is 11.3.